The maximum absolute atomic E-state index is 12.4. The highest BCUT2D eigenvalue weighted by molar-refractivity contribution is 7.21. The van der Waals surface area contributed by atoms with Crippen molar-refractivity contribution in [2.24, 2.45) is 0 Å². The van der Waals surface area contributed by atoms with Crippen LogP contribution in [-0.4, -0.2) is 17.5 Å². The Morgan fingerprint density at radius 1 is 1.10 bits per heavy atom. The second-order valence-electron chi connectivity index (χ2n) is 6.43. The number of anilines is 1. The number of rotatable bonds is 5. The molecule has 1 amide bonds. The van der Waals surface area contributed by atoms with E-state index in [0.29, 0.717) is 21.5 Å². The molecule has 4 rings (SSSR count). The number of aryl methyl sites for hydroxylation is 1. The number of fused-ring (bicyclic) bond motifs is 1. The zero-order valence-corrected chi connectivity index (χ0v) is 17.7. The molecular formula is C22H16Cl2N2O2S. The molecule has 0 saturated carbocycles. The Bertz CT molecular complexity index is 1170. The van der Waals surface area contributed by atoms with Crippen molar-refractivity contribution >= 4 is 56.3 Å². The molecule has 0 aliphatic rings. The minimum atomic E-state index is -0.303. The van der Waals surface area contributed by atoms with Gasteiger partial charge >= 0.3 is 0 Å². The number of aromatic nitrogens is 1. The minimum Gasteiger partial charge on any atom is -0.483 e. The largest absolute Gasteiger partial charge is 0.483 e. The Kier molecular flexibility index (Phi) is 5.72. The van der Waals surface area contributed by atoms with Crippen molar-refractivity contribution in [1.29, 1.82) is 0 Å². The van der Waals surface area contributed by atoms with Crippen molar-refractivity contribution in [1.82, 2.24) is 4.98 Å². The van der Waals surface area contributed by atoms with Gasteiger partial charge in [0.25, 0.3) is 5.91 Å². The van der Waals surface area contributed by atoms with Crippen molar-refractivity contribution < 1.29 is 9.53 Å². The third-order valence-corrected chi connectivity index (χ3v) is 5.93. The van der Waals surface area contributed by atoms with E-state index in [4.69, 9.17) is 27.9 Å². The van der Waals surface area contributed by atoms with Gasteiger partial charge in [-0.25, -0.2) is 4.98 Å². The average molecular weight is 443 g/mol. The highest BCUT2D eigenvalue weighted by atomic mass is 35.5. The first kappa shape index (κ1) is 19.7. The van der Waals surface area contributed by atoms with Crippen LogP contribution in [0.2, 0.25) is 10.0 Å². The van der Waals surface area contributed by atoms with E-state index < -0.39 is 0 Å². The van der Waals surface area contributed by atoms with Gasteiger partial charge in [-0.05, 0) is 55.0 Å². The molecule has 0 bridgehead atoms. The van der Waals surface area contributed by atoms with Crippen LogP contribution in [0.4, 0.5) is 5.69 Å². The topological polar surface area (TPSA) is 51.2 Å². The minimum absolute atomic E-state index is 0.135. The second kappa shape index (κ2) is 8.41. The Labute approximate surface area is 182 Å². The fourth-order valence-electron chi connectivity index (χ4n) is 2.85. The summed E-state index contributed by atoms with van der Waals surface area (Å²) in [5, 5.41) is 4.75. The van der Waals surface area contributed by atoms with Gasteiger partial charge in [0.1, 0.15) is 10.8 Å². The summed E-state index contributed by atoms with van der Waals surface area (Å²) >= 11 is 13.8. The van der Waals surface area contributed by atoms with Gasteiger partial charge in [-0.2, -0.15) is 0 Å². The molecule has 0 radical (unpaired) electrons. The molecule has 146 valence electrons. The molecule has 0 atom stereocenters. The SMILES string of the molecule is Cc1cc(Cl)ccc1OCC(=O)Nc1cc(-c2nc3ccccc3s2)ccc1Cl. The number of nitrogens with one attached hydrogen (secondary N) is 1. The Morgan fingerprint density at radius 2 is 1.93 bits per heavy atom. The van der Waals surface area contributed by atoms with E-state index >= 15 is 0 Å². The maximum atomic E-state index is 12.4. The Balaban J connectivity index is 1.49. The summed E-state index contributed by atoms with van der Waals surface area (Å²) < 4.78 is 6.70. The molecule has 3 aromatic carbocycles. The summed E-state index contributed by atoms with van der Waals surface area (Å²) in [6.07, 6.45) is 0. The molecule has 4 nitrogen and oxygen atoms in total. The van der Waals surface area contributed by atoms with Crippen LogP contribution in [0, 0.1) is 6.92 Å². The molecule has 4 aromatic rings. The number of hydrogen-bond donors (Lipinski definition) is 1. The van der Waals surface area contributed by atoms with Gasteiger partial charge < -0.3 is 10.1 Å². The number of ether oxygens (including phenoxy) is 1. The van der Waals surface area contributed by atoms with Crippen molar-refractivity contribution in [3.8, 4) is 16.3 Å². The van der Waals surface area contributed by atoms with Crippen LogP contribution in [0.25, 0.3) is 20.8 Å². The van der Waals surface area contributed by atoms with Crippen molar-refractivity contribution in [2.75, 3.05) is 11.9 Å². The summed E-state index contributed by atoms with van der Waals surface area (Å²) in [5.74, 6) is 0.307. The monoisotopic (exact) mass is 442 g/mol. The van der Waals surface area contributed by atoms with Gasteiger partial charge in [0.2, 0.25) is 0 Å². The molecule has 29 heavy (non-hydrogen) atoms. The van der Waals surface area contributed by atoms with Gasteiger partial charge in [-0.3, -0.25) is 4.79 Å². The van der Waals surface area contributed by atoms with Crippen LogP contribution in [-0.2, 0) is 4.79 Å². The van der Waals surface area contributed by atoms with Crippen LogP contribution in [0.5, 0.6) is 5.75 Å². The maximum Gasteiger partial charge on any atom is 0.262 e. The van der Waals surface area contributed by atoms with Crippen molar-refractivity contribution in [3.05, 3.63) is 76.3 Å². The number of amides is 1. The first-order valence-electron chi connectivity index (χ1n) is 8.84. The fourth-order valence-corrected chi connectivity index (χ4v) is 4.21. The predicted molar refractivity (Wildman–Crippen MR) is 120 cm³/mol. The summed E-state index contributed by atoms with van der Waals surface area (Å²) in [5.41, 5.74) is 3.21. The van der Waals surface area contributed by atoms with Gasteiger partial charge in [0.15, 0.2) is 6.61 Å². The zero-order valence-electron chi connectivity index (χ0n) is 15.4. The van der Waals surface area contributed by atoms with E-state index in [2.05, 4.69) is 10.3 Å². The quantitative estimate of drug-likeness (QED) is 0.378. The van der Waals surface area contributed by atoms with Crippen molar-refractivity contribution in [3.63, 3.8) is 0 Å². The molecule has 0 aliphatic heterocycles. The highest BCUT2D eigenvalue weighted by Crippen LogP contribution is 2.33. The first-order chi connectivity index (χ1) is 14.0. The summed E-state index contributed by atoms with van der Waals surface area (Å²) in [6.45, 7) is 1.74. The molecule has 0 spiro atoms. The third-order valence-electron chi connectivity index (χ3n) is 4.28. The molecule has 1 heterocycles. The number of carbonyl (C=O) groups is 1. The lowest BCUT2D eigenvalue weighted by Crippen LogP contribution is -2.20. The normalized spacial score (nSPS) is 10.9. The van der Waals surface area contributed by atoms with Crippen LogP contribution >= 0.6 is 34.5 Å². The average Bonchev–Trinajstić information content (AvgIpc) is 3.13. The summed E-state index contributed by atoms with van der Waals surface area (Å²) in [6, 6.07) is 18.7. The van der Waals surface area contributed by atoms with Gasteiger partial charge in [0, 0.05) is 10.6 Å². The van der Waals surface area contributed by atoms with Gasteiger partial charge in [-0.15, -0.1) is 11.3 Å². The lowest BCUT2D eigenvalue weighted by atomic mass is 10.2. The molecular weight excluding hydrogens is 427 g/mol. The number of thiazole rings is 1. The molecule has 1 aromatic heterocycles. The molecule has 0 aliphatic carbocycles. The lowest BCUT2D eigenvalue weighted by molar-refractivity contribution is -0.118. The van der Waals surface area contributed by atoms with E-state index in [-0.39, 0.29) is 12.5 Å². The smallest absolute Gasteiger partial charge is 0.262 e. The second-order valence-corrected chi connectivity index (χ2v) is 8.30. The number of nitrogens with zero attached hydrogens (tertiary/aromatic N) is 1. The lowest BCUT2D eigenvalue weighted by Gasteiger charge is -2.11. The number of para-hydroxylation sites is 1. The van der Waals surface area contributed by atoms with Crippen molar-refractivity contribution in [2.45, 2.75) is 6.92 Å². The Morgan fingerprint density at radius 3 is 2.72 bits per heavy atom. The van der Waals surface area contributed by atoms with E-state index in [9.17, 15) is 4.79 Å². The number of hydrogen-bond acceptors (Lipinski definition) is 4. The summed E-state index contributed by atoms with van der Waals surface area (Å²) in [4.78, 5) is 17.0. The summed E-state index contributed by atoms with van der Waals surface area (Å²) in [7, 11) is 0. The molecule has 0 fully saturated rings. The van der Waals surface area contributed by atoms with Gasteiger partial charge in [0.05, 0.1) is 20.9 Å². The number of halogens is 2. The first-order valence-corrected chi connectivity index (χ1v) is 10.4. The van der Waals surface area contributed by atoms with Crippen LogP contribution in [0.3, 0.4) is 0 Å². The van der Waals surface area contributed by atoms with E-state index in [1.54, 1.807) is 35.6 Å². The zero-order chi connectivity index (χ0) is 20.4. The fraction of sp³-hybridized carbons (Fsp3) is 0.0909. The molecule has 0 saturated heterocycles. The molecule has 0 unspecified atom stereocenters. The van der Waals surface area contributed by atoms with Gasteiger partial charge in [-0.1, -0.05) is 41.4 Å². The number of carbonyl (C=O) groups excluding carboxylic acids is 1. The predicted octanol–water partition coefficient (Wildman–Crippen LogP) is 6.60. The number of benzene rings is 3. The van der Waals surface area contributed by atoms with Crippen LogP contribution in [0.15, 0.2) is 60.7 Å². The standard InChI is InChI=1S/C22H16Cl2N2O2S/c1-13-10-15(23)7-9-19(13)28-12-21(27)25-18-11-14(6-8-16(18)24)22-26-17-4-2-3-5-20(17)29-22/h2-11H,12H2,1H3,(H,25,27). The molecule has 7 heteroatoms. The Hall–Kier alpha value is -2.60. The van der Waals surface area contributed by atoms with E-state index in [0.717, 1.165) is 26.4 Å². The highest BCUT2D eigenvalue weighted by Gasteiger charge is 2.12. The molecule has 1 N–H and O–H groups in total. The van der Waals surface area contributed by atoms with E-state index in [1.165, 1.54) is 0 Å². The van der Waals surface area contributed by atoms with Crippen LogP contribution in [0.1, 0.15) is 5.56 Å². The van der Waals surface area contributed by atoms with E-state index in [1.807, 2.05) is 43.3 Å². The van der Waals surface area contributed by atoms with Crippen LogP contribution < -0.4 is 10.1 Å². The third kappa shape index (κ3) is 4.53.